The average Bonchev–Trinajstić information content (AvgIpc) is 2.42. The van der Waals surface area contributed by atoms with Gasteiger partial charge in [-0.15, -0.1) is 0 Å². The Kier molecular flexibility index (Phi) is 5.19. The Bertz CT molecular complexity index is 293. The highest BCUT2D eigenvalue weighted by Gasteiger charge is 2.29. The molecule has 5 heteroatoms. The summed E-state index contributed by atoms with van der Waals surface area (Å²) < 4.78 is 5.75. The topological polar surface area (TPSA) is 44.8 Å². The van der Waals surface area contributed by atoms with E-state index in [0.717, 1.165) is 39.0 Å². The SMILES string of the molecule is CC1CN(C(=O)COC2CCNCC2)CC(C)N1C. The first kappa shape index (κ1) is 14.8. The van der Waals surface area contributed by atoms with Crippen molar-refractivity contribution in [2.75, 3.05) is 39.8 Å². The molecular formula is C14H27N3O2. The standard InChI is InChI=1S/C14H27N3O2/c1-11-8-17(9-12(2)16(11)3)14(18)10-19-13-4-6-15-7-5-13/h11-13,15H,4-10H2,1-3H3. The van der Waals surface area contributed by atoms with Crippen LogP contribution >= 0.6 is 0 Å². The zero-order chi connectivity index (χ0) is 13.8. The van der Waals surface area contributed by atoms with Crippen LogP contribution in [0.3, 0.4) is 0 Å². The second-order valence-corrected chi connectivity index (χ2v) is 5.92. The number of carbonyl (C=O) groups excluding carboxylic acids is 1. The summed E-state index contributed by atoms with van der Waals surface area (Å²) in [6.07, 6.45) is 2.29. The van der Waals surface area contributed by atoms with Gasteiger partial charge in [0.05, 0.1) is 6.10 Å². The fraction of sp³-hybridized carbons (Fsp3) is 0.929. The van der Waals surface area contributed by atoms with Gasteiger partial charge in [0.2, 0.25) is 5.91 Å². The summed E-state index contributed by atoms with van der Waals surface area (Å²) in [4.78, 5) is 16.5. The van der Waals surface area contributed by atoms with E-state index in [1.807, 2.05) is 4.90 Å². The van der Waals surface area contributed by atoms with E-state index >= 15 is 0 Å². The summed E-state index contributed by atoms with van der Waals surface area (Å²) in [6, 6.07) is 0.846. The number of nitrogens with zero attached hydrogens (tertiary/aromatic N) is 2. The summed E-state index contributed by atoms with van der Waals surface area (Å²) in [5.74, 6) is 0.144. The maximum Gasteiger partial charge on any atom is 0.248 e. The number of likely N-dealkylation sites (N-methyl/N-ethyl adjacent to an activating group) is 1. The molecule has 0 aromatic carbocycles. The Balaban J connectivity index is 1.76. The van der Waals surface area contributed by atoms with Crippen molar-refractivity contribution in [1.82, 2.24) is 15.1 Å². The normalized spacial score (nSPS) is 30.6. The number of rotatable bonds is 3. The zero-order valence-electron chi connectivity index (χ0n) is 12.4. The van der Waals surface area contributed by atoms with Crippen LogP contribution in [0.25, 0.3) is 0 Å². The molecule has 2 fully saturated rings. The summed E-state index contributed by atoms with van der Waals surface area (Å²) in [6.45, 7) is 8.22. The molecule has 0 aliphatic carbocycles. The first-order valence-corrected chi connectivity index (χ1v) is 7.40. The number of amides is 1. The lowest BCUT2D eigenvalue weighted by molar-refractivity contribution is -0.142. The Morgan fingerprint density at radius 3 is 2.37 bits per heavy atom. The van der Waals surface area contributed by atoms with Crippen molar-refractivity contribution >= 4 is 5.91 Å². The third-order valence-corrected chi connectivity index (χ3v) is 4.44. The van der Waals surface area contributed by atoms with Crippen molar-refractivity contribution in [2.24, 2.45) is 0 Å². The molecule has 2 aliphatic heterocycles. The zero-order valence-corrected chi connectivity index (χ0v) is 12.4. The van der Waals surface area contributed by atoms with Gasteiger partial charge < -0.3 is 15.0 Å². The molecule has 2 atom stereocenters. The highest BCUT2D eigenvalue weighted by atomic mass is 16.5. The smallest absolute Gasteiger partial charge is 0.248 e. The van der Waals surface area contributed by atoms with Gasteiger partial charge in [-0.3, -0.25) is 9.69 Å². The molecule has 2 aliphatic rings. The molecule has 0 spiro atoms. The Labute approximate surface area is 116 Å². The molecule has 19 heavy (non-hydrogen) atoms. The van der Waals surface area contributed by atoms with E-state index in [2.05, 4.69) is 31.1 Å². The van der Waals surface area contributed by atoms with Gasteiger partial charge >= 0.3 is 0 Å². The summed E-state index contributed by atoms with van der Waals surface area (Å²) >= 11 is 0. The largest absolute Gasteiger partial charge is 0.368 e. The third-order valence-electron chi connectivity index (χ3n) is 4.44. The minimum Gasteiger partial charge on any atom is -0.368 e. The van der Waals surface area contributed by atoms with Crippen LogP contribution in [0.4, 0.5) is 0 Å². The molecule has 5 nitrogen and oxygen atoms in total. The second kappa shape index (κ2) is 6.68. The molecule has 2 heterocycles. The van der Waals surface area contributed by atoms with Crippen LogP contribution in [0.15, 0.2) is 0 Å². The maximum atomic E-state index is 12.2. The van der Waals surface area contributed by atoms with Crippen LogP contribution < -0.4 is 5.32 Å². The molecule has 0 bridgehead atoms. The molecule has 1 N–H and O–H groups in total. The molecule has 0 radical (unpaired) electrons. The van der Waals surface area contributed by atoms with Crippen LogP contribution in [-0.2, 0) is 9.53 Å². The van der Waals surface area contributed by atoms with Gasteiger partial charge in [-0.25, -0.2) is 0 Å². The average molecular weight is 269 g/mol. The maximum absolute atomic E-state index is 12.2. The number of nitrogens with one attached hydrogen (secondary N) is 1. The minimum absolute atomic E-state index is 0.144. The van der Waals surface area contributed by atoms with Crippen LogP contribution in [0.2, 0.25) is 0 Å². The quantitative estimate of drug-likeness (QED) is 0.801. The Morgan fingerprint density at radius 2 is 1.79 bits per heavy atom. The first-order chi connectivity index (χ1) is 9.08. The highest BCUT2D eigenvalue weighted by Crippen LogP contribution is 2.14. The first-order valence-electron chi connectivity index (χ1n) is 7.40. The van der Waals surface area contributed by atoms with Gasteiger partial charge in [-0.2, -0.15) is 0 Å². The second-order valence-electron chi connectivity index (χ2n) is 5.92. The van der Waals surface area contributed by atoms with Gasteiger partial charge in [-0.05, 0) is 46.8 Å². The lowest BCUT2D eigenvalue weighted by Crippen LogP contribution is -2.57. The van der Waals surface area contributed by atoms with E-state index in [-0.39, 0.29) is 18.6 Å². The van der Waals surface area contributed by atoms with Gasteiger partial charge in [0, 0.05) is 25.2 Å². The van der Waals surface area contributed by atoms with Crippen LogP contribution in [0.5, 0.6) is 0 Å². The number of piperidine rings is 1. The summed E-state index contributed by atoms with van der Waals surface area (Å²) in [5, 5.41) is 3.30. The van der Waals surface area contributed by atoms with Crippen molar-refractivity contribution in [3.05, 3.63) is 0 Å². The molecule has 110 valence electrons. The van der Waals surface area contributed by atoms with E-state index in [1.54, 1.807) is 0 Å². The summed E-state index contributed by atoms with van der Waals surface area (Å²) in [5.41, 5.74) is 0. The lowest BCUT2D eigenvalue weighted by Gasteiger charge is -2.42. The highest BCUT2D eigenvalue weighted by molar-refractivity contribution is 5.77. The van der Waals surface area contributed by atoms with E-state index in [4.69, 9.17) is 4.74 Å². The van der Waals surface area contributed by atoms with Crippen LogP contribution in [0, 0.1) is 0 Å². The van der Waals surface area contributed by atoms with Crippen molar-refractivity contribution < 1.29 is 9.53 Å². The summed E-state index contributed by atoms with van der Waals surface area (Å²) in [7, 11) is 2.13. The van der Waals surface area contributed by atoms with Crippen molar-refractivity contribution in [3.8, 4) is 0 Å². The molecule has 2 rings (SSSR count). The molecule has 0 saturated carbocycles. The van der Waals surface area contributed by atoms with Crippen molar-refractivity contribution in [2.45, 2.75) is 44.9 Å². The van der Waals surface area contributed by atoms with Crippen LogP contribution in [0.1, 0.15) is 26.7 Å². The molecule has 2 unspecified atom stereocenters. The van der Waals surface area contributed by atoms with Crippen molar-refractivity contribution in [3.63, 3.8) is 0 Å². The number of hydrogen-bond acceptors (Lipinski definition) is 4. The van der Waals surface area contributed by atoms with E-state index in [9.17, 15) is 4.79 Å². The number of ether oxygens (including phenoxy) is 1. The van der Waals surface area contributed by atoms with Crippen LogP contribution in [-0.4, -0.2) is 73.7 Å². The molecule has 0 aromatic heterocycles. The minimum atomic E-state index is 0.144. The van der Waals surface area contributed by atoms with E-state index < -0.39 is 0 Å². The predicted octanol–water partition coefficient (Wildman–Crippen LogP) is 0.306. The molecule has 2 saturated heterocycles. The van der Waals surface area contributed by atoms with Crippen molar-refractivity contribution in [1.29, 1.82) is 0 Å². The predicted molar refractivity (Wildman–Crippen MR) is 75.1 cm³/mol. The third kappa shape index (κ3) is 3.91. The Morgan fingerprint density at radius 1 is 1.21 bits per heavy atom. The fourth-order valence-electron chi connectivity index (χ4n) is 2.85. The monoisotopic (exact) mass is 269 g/mol. The number of piperazine rings is 1. The van der Waals surface area contributed by atoms with E-state index in [0.29, 0.717) is 12.1 Å². The van der Waals surface area contributed by atoms with Gasteiger partial charge in [0.25, 0.3) is 0 Å². The Hall–Kier alpha value is -0.650. The van der Waals surface area contributed by atoms with Gasteiger partial charge in [0.1, 0.15) is 6.61 Å². The fourth-order valence-corrected chi connectivity index (χ4v) is 2.85. The lowest BCUT2D eigenvalue weighted by atomic mass is 10.1. The van der Waals surface area contributed by atoms with Gasteiger partial charge in [-0.1, -0.05) is 0 Å². The number of carbonyl (C=O) groups is 1. The van der Waals surface area contributed by atoms with Gasteiger partial charge in [0.15, 0.2) is 0 Å². The molecule has 1 amide bonds. The molecular weight excluding hydrogens is 242 g/mol. The van der Waals surface area contributed by atoms with E-state index in [1.165, 1.54) is 0 Å². The number of hydrogen-bond donors (Lipinski definition) is 1. The molecule has 0 aromatic rings.